The fraction of sp³-hybridized carbons (Fsp3) is 0.440. The quantitative estimate of drug-likeness (QED) is 0.644. The molecule has 2 aliphatic carbocycles. The van der Waals surface area contributed by atoms with Crippen molar-refractivity contribution in [3.63, 3.8) is 0 Å². The van der Waals surface area contributed by atoms with Gasteiger partial charge in [-0.05, 0) is 68.7 Å². The predicted octanol–water partition coefficient (Wildman–Crippen LogP) is 5.35. The van der Waals surface area contributed by atoms with Gasteiger partial charge < -0.3 is 9.72 Å². The number of aromatic amines is 1. The van der Waals surface area contributed by atoms with Crippen molar-refractivity contribution in [3.8, 4) is 0 Å². The van der Waals surface area contributed by atoms with Crippen LogP contribution < -0.4 is 0 Å². The average Bonchev–Trinajstić information content (AvgIpc) is 3.18. The number of aromatic nitrogens is 2. The number of H-pyrrole nitrogens is 1. The van der Waals surface area contributed by atoms with Crippen molar-refractivity contribution < 1.29 is 9.53 Å². The molecular formula is C25H27N3O2. The molecule has 4 atom stereocenters. The second-order valence-corrected chi connectivity index (χ2v) is 9.81. The number of carbonyl (C=O) groups is 1. The normalized spacial score (nSPS) is 32.1. The summed E-state index contributed by atoms with van der Waals surface area (Å²) in [6.45, 7) is 4.06. The van der Waals surface area contributed by atoms with Gasteiger partial charge in [0.1, 0.15) is 5.60 Å². The minimum absolute atomic E-state index is 0.0422. The highest BCUT2D eigenvalue weighted by Gasteiger charge is 2.61. The van der Waals surface area contributed by atoms with Gasteiger partial charge in [0.2, 0.25) is 0 Å². The molecule has 30 heavy (non-hydrogen) atoms. The van der Waals surface area contributed by atoms with Crippen LogP contribution in [0.5, 0.6) is 0 Å². The average molecular weight is 402 g/mol. The first kappa shape index (κ1) is 18.0. The van der Waals surface area contributed by atoms with Crippen LogP contribution in [0.15, 0.2) is 54.9 Å². The first-order valence-electron chi connectivity index (χ1n) is 11.0. The molecule has 0 bridgehead atoms. The molecule has 154 valence electrons. The lowest BCUT2D eigenvalue weighted by Crippen LogP contribution is -2.43. The molecule has 1 aromatic carbocycles. The zero-order valence-electron chi connectivity index (χ0n) is 17.5. The Hall–Kier alpha value is -2.82. The fourth-order valence-corrected chi connectivity index (χ4v) is 6.15. The summed E-state index contributed by atoms with van der Waals surface area (Å²) in [6, 6.07) is 14.8. The number of carbonyl (C=O) groups excluding carboxylic acids is 1. The van der Waals surface area contributed by atoms with Gasteiger partial charge in [0, 0.05) is 23.9 Å². The Kier molecular flexibility index (Phi) is 3.66. The number of rotatable bonds is 3. The Morgan fingerprint density at radius 3 is 2.83 bits per heavy atom. The third-order valence-electron chi connectivity index (χ3n) is 7.69. The summed E-state index contributed by atoms with van der Waals surface area (Å²) < 4.78 is 5.85. The molecule has 6 rings (SSSR count). The van der Waals surface area contributed by atoms with Gasteiger partial charge in [-0.2, -0.15) is 0 Å². The van der Waals surface area contributed by atoms with Gasteiger partial charge in [0.25, 0.3) is 0 Å². The number of benzene rings is 1. The van der Waals surface area contributed by atoms with Gasteiger partial charge in [-0.3, -0.25) is 9.88 Å². The van der Waals surface area contributed by atoms with Crippen molar-refractivity contribution in [2.24, 2.45) is 5.92 Å². The minimum atomic E-state index is -0.529. The Bertz CT molecular complexity index is 1120. The maximum absolute atomic E-state index is 12.9. The number of amides is 1. The van der Waals surface area contributed by atoms with Crippen LogP contribution in [-0.4, -0.2) is 32.6 Å². The van der Waals surface area contributed by atoms with Crippen molar-refractivity contribution in [1.82, 2.24) is 14.9 Å². The van der Waals surface area contributed by atoms with E-state index in [-0.39, 0.29) is 23.6 Å². The lowest BCUT2D eigenvalue weighted by atomic mass is 9.79. The van der Waals surface area contributed by atoms with E-state index in [4.69, 9.17) is 4.74 Å². The van der Waals surface area contributed by atoms with Gasteiger partial charge in [0.15, 0.2) is 0 Å². The third kappa shape index (κ3) is 2.54. The first-order valence-corrected chi connectivity index (χ1v) is 11.0. The van der Waals surface area contributed by atoms with E-state index in [1.807, 2.05) is 49.2 Å². The van der Waals surface area contributed by atoms with Crippen LogP contribution in [0.1, 0.15) is 56.7 Å². The summed E-state index contributed by atoms with van der Waals surface area (Å²) in [5.74, 6) is 0.610. The lowest BCUT2D eigenvalue weighted by Gasteiger charge is -2.38. The van der Waals surface area contributed by atoms with E-state index in [0.717, 1.165) is 35.9 Å². The smallest absolute Gasteiger partial charge is 0.411 e. The first-order chi connectivity index (χ1) is 14.5. The number of ether oxygens (including phenoxy) is 1. The maximum Gasteiger partial charge on any atom is 0.411 e. The van der Waals surface area contributed by atoms with Crippen LogP contribution in [0.3, 0.4) is 0 Å². The molecule has 1 saturated heterocycles. The van der Waals surface area contributed by atoms with Gasteiger partial charge in [-0.1, -0.05) is 30.3 Å². The van der Waals surface area contributed by atoms with E-state index >= 15 is 0 Å². The number of pyridine rings is 1. The molecular weight excluding hydrogens is 374 g/mol. The largest absolute Gasteiger partial charge is 0.441 e. The van der Waals surface area contributed by atoms with E-state index in [1.54, 1.807) is 0 Å². The van der Waals surface area contributed by atoms with Gasteiger partial charge in [-0.25, -0.2) is 4.79 Å². The van der Waals surface area contributed by atoms with Crippen LogP contribution in [0, 0.1) is 5.92 Å². The molecule has 2 aromatic heterocycles. The third-order valence-corrected chi connectivity index (χ3v) is 7.69. The van der Waals surface area contributed by atoms with Crippen molar-refractivity contribution in [2.45, 2.75) is 62.6 Å². The van der Waals surface area contributed by atoms with Gasteiger partial charge >= 0.3 is 6.09 Å². The van der Waals surface area contributed by atoms with E-state index < -0.39 is 5.60 Å². The Balaban J connectivity index is 1.27. The topological polar surface area (TPSA) is 58.2 Å². The molecule has 3 aromatic rings. The second kappa shape index (κ2) is 6.10. The lowest BCUT2D eigenvalue weighted by molar-refractivity contribution is 0.0663. The van der Waals surface area contributed by atoms with E-state index in [1.165, 1.54) is 12.0 Å². The van der Waals surface area contributed by atoms with Crippen LogP contribution in [0.2, 0.25) is 0 Å². The number of nitrogens with zero attached hydrogens (tertiary/aromatic N) is 2. The van der Waals surface area contributed by atoms with E-state index in [9.17, 15) is 4.79 Å². The Labute approximate surface area is 176 Å². The summed E-state index contributed by atoms with van der Waals surface area (Å²) in [4.78, 5) is 22.9. The highest BCUT2D eigenvalue weighted by Crippen LogP contribution is 2.63. The van der Waals surface area contributed by atoms with E-state index in [2.05, 4.69) is 34.4 Å². The summed E-state index contributed by atoms with van der Waals surface area (Å²) in [7, 11) is 0. The molecule has 0 spiro atoms. The molecule has 5 heteroatoms. The highest BCUT2D eigenvalue weighted by molar-refractivity contribution is 5.76. The fourth-order valence-electron chi connectivity index (χ4n) is 6.15. The monoisotopic (exact) mass is 401 g/mol. The zero-order valence-corrected chi connectivity index (χ0v) is 17.5. The Morgan fingerprint density at radius 2 is 2.03 bits per heavy atom. The van der Waals surface area contributed by atoms with Crippen molar-refractivity contribution in [3.05, 3.63) is 66.0 Å². The van der Waals surface area contributed by atoms with Crippen LogP contribution in [0.4, 0.5) is 4.79 Å². The minimum Gasteiger partial charge on any atom is -0.441 e. The number of hydrogen-bond acceptors (Lipinski definition) is 3. The number of cyclic esters (lactones) is 1. The van der Waals surface area contributed by atoms with Crippen molar-refractivity contribution >= 4 is 17.1 Å². The van der Waals surface area contributed by atoms with E-state index in [0.29, 0.717) is 5.92 Å². The van der Waals surface area contributed by atoms with Crippen LogP contribution >= 0.6 is 0 Å². The zero-order chi connectivity index (χ0) is 20.5. The van der Waals surface area contributed by atoms with Gasteiger partial charge in [0.05, 0.1) is 17.1 Å². The highest BCUT2D eigenvalue weighted by atomic mass is 16.6. The molecule has 1 amide bonds. The second-order valence-electron chi connectivity index (χ2n) is 9.81. The molecule has 5 nitrogen and oxygen atoms in total. The molecule has 0 radical (unpaired) electrons. The maximum atomic E-state index is 12.9. The molecule has 3 heterocycles. The standard InChI is InChI=1S/C25H27N3O2/c1-24(2)22(16-6-4-3-5-7-16)28(23(29)30-24)19-8-10-25(14-17(25)12-19)18-13-21-20(27-15-18)9-11-26-21/h3-7,9,11,13,15,17,19,22,26H,8,10,12,14H2,1-2H3. The van der Waals surface area contributed by atoms with Crippen molar-refractivity contribution in [1.29, 1.82) is 0 Å². The van der Waals surface area contributed by atoms with Gasteiger partial charge in [-0.15, -0.1) is 0 Å². The number of fused-ring (bicyclic) bond motifs is 2. The summed E-state index contributed by atoms with van der Waals surface area (Å²) in [6.07, 6.45) is 8.19. The molecule has 3 aliphatic rings. The summed E-state index contributed by atoms with van der Waals surface area (Å²) in [5.41, 5.74) is 4.35. The summed E-state index contributed by atoms with van der Waals surface area (Å²) >= 11 is 0. The molecule has 1 N–H and O–H groups in total. The van der Waals surface area contributed by atoms with Crippen LogP contribution in [0.25, 0.3) is 11.0 Å². The predicted molar refractivity (Wildman–Crippen MR) is 115 cm³/mol. The SMILES string of the molecule is CC1(C)OC(=O)N(C2CCC3(c4cnc5cc[nH]c5c4)CC3C2)C1c1ccccc1. The molecule has 4 unspecified atom stereocenters. The molecule has 3 fully saturated rings. The Morgan fingerprint density at radius 1 is 1.20 bits per heavy atom. The molecule has 1 aliphatic heterocycles. The number of nitrogens with one attached hydrogen (secondary N) is 1. The number of hydrogen-bond donors (Lipinski definition) is 1. The molecule has 2 saturated carbocycles. The van der Waals surface area contributed by atoms with Crippen LogP contribution in [-0.2, 0) is 10.2 Å². The summed E-state index contributed by atoms with van der Waals surface area (Å²) in [5, 5.41) is 0. The van der Waals surface area contributed by atoms with Crippen molar-refractivity contribution in [2.75, 3.05) is 0 Å².